The second kappa shape index (κ2) is 7.39. The number of methoxy groups -OCH3 is 1. The van der Waals surface area contributed by atoms with Crippen molar-refractivity contribution in [1.82, 2.24) is 4.98 Å². The van der Waals surface area contributed by atoms with E-state index in [1.165, 1.54) is 6.42 Å². The SMILES string of the molecule is COc1ccc(NC(=O)C2(c3ccccc3)CCCCC2)c2cccnc12. The molecule has 138 valence electrons. The summed E-state index contributed by atoms with van der Waals surface area (Å²) in [7, 11) is 1.63. The van der Waals surface area contributed by atoms with Gasteiger partial charge in [-0.05, 0) is 42.7 Å². The maximum absolute atomic E-state index is 13.5. The van der Waals surface area contributed by atoms with Crippen LogP contribution in [-0.4, -0.2) is 18.0 Å². The number of nitrogens with one attached hydrogen (secondary N) is 1. The van der Waals surface area contributed by atoms with E-state index >= 15 is 0 Å². The summed E-state index contributed by atoms with van der Waals surface area (Å²) in [6, 6.07) is 17.8. The number of aromatic nitrogens is 1. The van der Waals surface area contributed by atoms with Crippen molar-refractivity contribution in [2.75, 3.05) is 12.4 Å². The van der Waals surface area contributed by atoms with E-state index in [9.17, 15) is 4.79 Å². The summed E-state index contributed by atoms with van der Waals surface area (Å²) < 4.78 is 5.42. The zero-order valence-electron chi connectivity index (χ0n) is 15.6. The highest BCUT2D eigenvalue weighted by atomic mass is 16.5. The number of hydrogen-bond donors (Lipinski definition) is 1. The molecule has 0 unspecified atom stereocenters. The van der Waals surface area contributed by atoms with E-state index in [0.29, 0.717) is 5.75 Å². The third kappa shape index (κ3) is 3.16. The van der Waals surface area contributed by atoms with Gasteiger partial charge in [0.15, 0.2) is 0 Å². The number of ether oxygens (including phenoxy) is 1. The van der Waals surface area contributed by atoms with Crippen LogP contribution in [0.1, 0.15) is 37.7 Å². The molecule has 27 heavy (non-hydrogen) atoms. The molecule has 4 heteroatoms. The Kier molecular flexibility index (Phi) is 4.80. The number of nitrogens with zero attached hydrogens (tertiary/aromatic N) is 1. The van der Waals surface area contributed by atoms with Gasteiger partial charge in [0, 0.05) is 11.6 Å². The van der Waals surface area contributed by atoms with Crippen LogP contribution in [0.5, 0.6) is 5.75 Å². The molecule has 0 bridgehead atoms. The minimum atomic E-state index is -0.464. The average Bonchev–Trinajstić information content (AvgIpc) is 2.75. The molecule has 1 saturated carbocycles. The van der Waals surface area contributed by atoms with Crippen molar-refractivity contribution < 1.29 is 9.53 Å². The molecule has 1 N–H and O–H groups in total. The quantitative estimate of drug-likeness (QED) is 0.705. The lowest BCUT2D eigenvalue weighted by atomic mass is 9.68. The zero-order valence-corrected chi connectivity index (χ0v) is 15.6. The van der Waals surface area contributed by atoms with Gasteiger partial charge in [0.05, 0.1) is 18.2 Å². The van der Waals surface area contributed by atoms with Crippen LogP contribution < -0.4 is 10.1 Å². The molecule has 1 heterocycles. The van der Waals surface area contributed by atoms with Crippen molar-refractivity contribution in [3.63, 3.8) is 0 Å². The Morgan fingerprint density at radius 1 is 1.00 bits per heavy atom. The Balaban J connectivity index is 1.73. The first-order valence-electron chi connectivity index (χ1n) is 9.53. The van der Waals surface area contributed by atoms with Gasteiger partial charge < -0.3 is 10.1 Å². The molecule has 2 aromatic carbocycles. The number of benzene rings is 2. The minimum absolute atomic E-state index is 0.0729. The minimum Gasteiger partial charge on any atom is -0.494 e. The predicted molar refractivity (Wildman–Crippen MR) is 108 cm³/mol. The molecule has 0 saturated heterocycles. The molecule has 0 radical (unpaired) electrons. The number of rotatable bonds is 4. The third-order valence-corrected chi connectivity index (χ3v) is 5.67. The fourth-order valence-corrected chi connectivity index (χ4v) is 4.22. The van der Waals surface area contributed by atoms with Crippen LogP contribution in [0.25, 0.3) is 10.9 Å². The molecular formula is C23H24N2O2. The normalized spacial score (nSPS) is 16.0. The highest BCUT2D eigenvalue weighted by molar-refractivity contribution is 6.06. The van der Waals surface area contributed by atoms with E-state index < -0.39 is 5.41 Å². The first-order valence-corrected chi connectivity index (χ1v) is 9.53. The molecule has 1 aromatic heterocycles. The van der Waals surface area contributed by atoms with Gasteiger partial charge in [0.1, 0.15) is 11.3 Å². The summed E-state index contributed by atoms with van der Waals surface area (Å²) in [5.74, 6) is 0.780. The van der Waals surface area contributed by atoms with E-state index in [4.69, 9.17) is 4.74 Å². The number of pyridine rings is 1. The van der Waals surface area contributed by atoms with Crippen molar-refractivity contribution in [3.8, 4) is 5.75 Å². The molecule has 4 rings (SSSR count). The smallest absolute Gasteiger partial charge is 0.235 e. The molecule has 0 spiro atoms. The zero-order chi connectivity index (χ0) is 18.7. The third-order valence-electron chi connectivity index (χ3n) is 5.67. The number of fused-ring (bicyclic) bond motifs is 1. The topological polar surface area (TPSA) is 51.2 Å². The molecule has 0 aliphatic heterocycles. The van der Waals surface area contributed by atoms with E-state index in [-0.39, 0.29) is 5.91 Å². The number of hydrogen-bond acceptors (Lipinski definition) is 3. The van der Waals surface area contributed by atoms with Crippen LogP contribution >= 0.6 is 0 Å². The first kappa shape index (κ1) is 17.5. The van der Waals surface area contributed by atoms with Gasteiger partial charge in [-0.25, -0.2) is 0 Å². The molecule has 1 aliphatic rings. The lowest BCUT2D eigenvalue weighted by Gasteiger charge is -2.36. The summed E-state index contributed by atoms with van der Waals surface area (Å²) in [4.78, 5) is 18.0. The van der Waals surface area contributed by atoms with Crippen LogP contribution in [-0.2, 0) is 10.2 Å². The van der Waals surface area contributed by atoms with Crippen molar-refractivity contribution in [3.05, 3.63) is 66.4 Å². The Bertz CT molecular complexity index is 947. The van der Waals surface area contributed by atoms with Gasteiger partial charge in [-0.2, -0.15) is 0 Å². The molecule has 1 aliphatic carbocycles. The van der Waals surface area contributed by atoms with Gasteiger partial charge >= 0.3 is 0 Å². The monoisotopic (exact) mass is 360 g/mol. The highest BCUT2D eigenvalue weighted by Gasteiger charge is 2.41. The Morgan fingerprint density at radius 3 is 2.52 bits per heavy atom. The summed E-state index contributed by atoms with van der Waals surface area (Å²) in [6.07, 6.45) is 6.85. The summed E-state index contributed by atoms with van der Waals surface area (Å²) >= 11 is 0. The van der Waals surface area contributed by atoms with Crippen molar-refractivity contribution in [2.24, 2.45) is 0 Å². The van der Waals surface area contributed by atoms with E-state index in [1.54, 1.807) is 13.3 Å². The number of anilines is 1. The van der Waals surface area contributed by atoms with Gasteiger partial charge in [-0.15, -0.1) is 0 Å². The van der Waals surface area contributed by atoms with E-state index in [2.05, 4.69) is 22.4 Å². The second-order valence-electron chi connectivity index (χ2n) is 7.18. The van der Waals surface area contributed by atoms with Crippen LogP contribution in [0.2, 0.25) is 0 Å². The Hall–Kier alpha value is -2.88. The van der Waals surface area contributed by atoms with Crippen molar-refractivity contribution in [2.45, 2.75) is 37.5 Å². The summed E-state index contributed by atoms with van der Waals surface area (Å²) in [5, 5.41) is 4.10. The first-order chi connectivity index (χ1) is 13.2. The number of carbonyl (C=O) groups is 1. The van der Waals surface area contributed by atoms with Gasteiger partial charge in [0.25, 0.3) is 0 Å². The Morgan fingerprint density at radius 2 is 1.78 bits per heavy atom. The van der Waals surface area contributed by atoms with Crippen LogP contribution in [0.15, 0.2) is 60.8 Å². The molecular weight excluding hydrogens is 336 g/mol. The summed E-state index contributed by atoms with van der Waals surface area (Å²) in [5.41, 5.74) is 2.19. The number of amides is 1. The fraction of sp³-hybridized carbons (Fsp3) is 0.304. The van der Waals surface area contributed by atoms with Crippen LogP contribution in [0, 0.1) is 0 Å². The fourth-order valence-electron chi connectivity index (χ4n) is 4.22. The maximum Gasteiger partial charge on any atom is 0.235 e. The van der Waals surface area contributed by atoms with Crippen LogP contribution in [0.4, 0.5) is 5.69 Å². The molecule has 1 fully saturated rings. The molecule has 4 nitrogen and oxygen atoms in total. The van der Waals surface area contributed by atoms with Gasteiger partial charge in [-0.1, -0.05) is 49.6 Å². The van der Waals surface area contributed by atoms with Crippen molar-refractivity contribution in [1.29, 1.82) is 0 Å². The molecule has 3 aromatic rings. The van der Waals surface area contributed by atoms with E-state index in [0.717, 1.165) is 47.8 Å². The summed E-state index contributed by atoms with van der Waals surface area (Å²) in [6.45, 7) is 0. The highest BCUT2D eigenvalue weighted by Crippen LogP contribution is 2.41. The Labute approximate surface area is 159 Å². The maximum atomic E-state index is 13.5. The average molecular weight is 360 g/mol. The standard InChI is InChI=1S/C23H24N2O2/c1-27-20-13-12-19(18-11-8-16-24-21(18)20)25-22(26)23(14-6-3-7-15-23)17-9-4-2-5-10-17/h2,4-5,8-13,16H,3,6-7,14-15H2,1H3,(H,25,26). The van der Waals surface area contributed by atoms with Crippen LogP contribution in [0.3, 0.4) is 0 Å². The van der Waals surface area contributed by atoms with E-state index in [1.807, 2.05) is 42.5 Å². The van der Waals surface area contributed by atoms with Crippen molar-refractivity contribution >= 4 is 22.5 Å². The van der Waals surface area contributed by atoms with Gasteiger partial charge in [-0.3, -0.25) is 9.78 Å². The second-order valence-corrected chi connectivity index (χ2v) is 7.18. The molecule has 0 atom stereocenters. The molecule has 1 amide bonds. The number of carbonyl (C=O) groups excluding carboxylic acids is 1. The lowest BCUT2D eigenvalue weighted by molar-refractivity contribution is -0.122. The van der Waals surface area contributed by atoms with Gasteiger partial charge in [0.2, 0.25) is 5.91 Å². The lowest BCUT2D eigenvalue weighted by Crippen LogP contribution is -2.42. The predicted octanol–water partition coefficient (Wildman–Crippen LogP) is 5.08. The largest absolute Gasteiger partial charge is 0.494 e.